The van der Waals surface area contributed by atoms with Gasteiger partial charge in [0.1, 0.15) is 24.3 Å². The summed E-state index contributed by atoms with van der Waals surface area (Å²) in [4.78, 5) is 32.2. The SMILES string of the molecule is Cc1cc(Nc2nc(-c3ccccc3)cc3ncnn23)nc(F)n1.Cc1cc(Nc2nc(-c3ccccc3)cc3ncnn23)nc(F)n1. The zero-order valence-electron chi connectivity index (χ0n) is 25.4. The maximum absolute atomic E-state index is 13.4. The molecule has 0 aliphatic heterocycles. The summed E-state index contributed by atoms with van der Waals surface area (Å²) in [6.45, 7) is 3.38. The average molecular weight is 643 g/mol. The van der Waals surface area contributed by atoms with E-state index in [2.05, 4.69) is 60.7 Å². The molecule has 0 amide bonds. The Morgan fingerprint density at radius 1 is 0.521 bits per heavy atom. The number of fused-ring (bicyclic) bond motifs is 2. The number of nitrogens with zero attached hydrogens (tertiary/aromatic N) is 12. The molecular formula is C32H24F2N14. The van der Waals surface area contributed by atoms with Crippen LogP contribution in [0.4, 0.5) is 32.3 Å². The van der Waals surface area contributed by atoms with Gasteiger partial charge in [0.25, 0.3) is 0 Å². The number of aryl methyl sites for hydroxylation is 2. The van der Waals surface area contributed by atoms with Gasteiger partial charge in [-0.1, -0.05) is 60.7 Å². The first-order chi connectivity index (χ1) is 23.4. The summed E-state index contributed by atoms with van der Waals surface area (Å²) >= 11 is 0. The minimum absolute atomic E-state index is 0.300. The Bertz CT molecular complexity index is 2150. The van der Waals surface area contributed by atoms with E-state index >= 15 is 0 Å². The molecule has 0 spiro atoms. The van der Waals surface area contributed by atoms with Crippen molar-refractivity contribution in [2.75, 3.05) is 10.6 Å². The maximum Gasteiger partial charge on any atom is 0.310 e. The smallest absolute Gasteiger partial charge is 0.308 e. The second-order valence-corrected chi connectivity index (χ2v) is 10.3. The highest BCUT2D eigenvalue weighted by Gasteiger charge is 2.13. The fraction of sp³-hybridized carbons (Fsp3) is 0.0625. The van der Waals surface area contributed by atoms with Gasteiger partial charge in [-0.15, -0.1) is 0 Å². The molecule has 0 atom stereocenters. The minimum Gasteiger partial charge on any atom is -0.308 e. The molecule has 0 aliphatic rings. The first-order valence-corrected chi connectivity index (χ1v) is 14.5. The summed E-state index contributed by atoms with van der Waals surface area (Å²) in [7, 11) is 0. The van der Waals surface area contributed by atoms with Gasteiger partial charge in [-0.25, -0.2) is 29.9 Å². The maximum atomic E-state index is 13.4. The number of hydrogen-bond acceptors (Lipinski definition) is 12. The summed E-state index contributed by atoms with van der Waals surface area (Å²) in [5, 5.41) is 14.2. The molecule has 6 heterocycles. The highest BCUT2D eigenvalue weighted by Crippen LogP contribution is 2.24. The first kappa shape index (κ1) is 29.8. The Morgan fingerprint density at radius 2 is 0.938 bits per heavy atom. The van der Waals surface area contributed by atoms with Crippen molar-refractivity contribution in [2.24, 2.45) is 0 Å². The fourth-order valence-electron chi connectivity index (χ4n) is 4.75. The Morgan fingerprint density at radius 3 is 1.33 bits per heavy atom. The Balaban J connectivity index is 0.000000152. The van der Waals surface area contributed by atoms with Gasteiger partial charge >= 0.3 is 12.2 Å². The Kier molecular flexibility index (Phi) is 8.01. The largest absolute Gasteiger partial charge is 0.310 e. The van der Waals surface area contributed by atoms with Crippen LogP contribution in [-0.2, 0) is 0 Å². The van der Waals surface area contributed by atoms with E-state index in [4.69, 9.17) is 0 Å². The van der Waals surface area contributed by atoms with Gasteiger partial charge in [-0.3, -0.25) is 0 Å². The second-order valence-electron chi connectivity index (χ2n) is 10.3. The summed E-state index contributed by atoms with van der Waals surface area (Å²) in [5.74, 6) is 1.38. The van der Waals surface area contributed by atoms with Crippen molar-refractivity contribution in [3.63, 3.8) is 0 Å². The van der Waals surface area contributed by atoms with E-state index in [1.165, 1.54) is 21.7 Å². The Hall–Kier alpha value is -6.84. The highest BCUT2D eigenvalue weighted by atomic mass is 19.1. The molecule has 0 bridgehead atoms. The molecule has 8 aromatic rings. The lowest BCUT2D eigenvalue weighted by Gasteiger charge is -2.09. The average Bonchev–Trinajstić information content (AvgIpc) is 3.75. The van der Waals surface area contributed by atoms with E-state index in [1.807, 2.05) is 72.8 Å². The molecule has 6 aromatic heterocycles. The van der Waals surface area contributed by atoms with Crippen LogP contribution in [0.5, 0.6) is 0 Å². The zero-order chi connectivity index (χ0) is 33.0. The van der Waals surface area contributed by atoms with Gasteiger partial charge in [0.05, 0.1) is 11.4 Å². The second kappa shape index (κ2) is 12.9. The van der Waals surface area contributed by atoms with Crippen LogP contribution in [-0.4, -0.2) is 59.1 Å². The van der Waals surface area contributed by atoms with Gasteiger partial charge in [-0.2, -0.15) is 38.0 Å². The van der Waals surface area contributed by atoms with Gasteiger partial charge in [-0.05, 0) is 13.8 Å². The molecule has 0 fully saturated rings. The van der Waals surface area contributed by atoms with Crippen molar-refractivity contribution in [2.45, 2.75) is 13.8 Å². The molecule has 0 unspecified atom stereocenters. The molecule has 2 N–H and O–H groups in total. The third kappa shape index (κ3) is 6.57. The Labute approximate surface area is 270 Å². The summed E-state index contributed by atoms with van der Waals surface area (Å²) in [6.07, 6.45) is 1.27. The normalized spacial score (nSPS) is 10.9. The lowest BCUT2D eigenvalue weighted by atomic mass is 10.1. The molecular weight excluding hydrogens is 618 g/mol. The number of hydrogen-bond donors (Lipinski definition) is 2. The van der Waals surface area contributed by atoms with Gasteiger partial charge in [0.2, 0.25) is 11.9 Å². The van der Waals surface area contributed by atoms with Crippen LogP contribution in [0.1, 0.15) is 11.4 Å². The van der Waals surface area contributed by atoms with Gasteiger partial charge in [0.15, 0.2) is 11.3 Å². The van der Waals surface area contributed by atoms with Crippen molar-refractivity contribution < 1.29 is 8.78 Å². The number of aromatic nitrogens is 12. The van der Waals surface area contributed by atoms with E-state index in [0.29, 0.717) is 46.2 Å². The molecule has 0 saturated carbocycles. The predicted molar refractivity (Wildman–Crippen MR) is 172 cm³/mol. The monoisotopic (exact) mass is 642 g/mol. The van der Waals surface area contributed by atoms with E-state index in [-0.39, 0.29) is 0 Å². The molecule has 0 radical (unpaired) electrons. The summed E-state index contributed by atoms with van der Waals surface area (Å²) < 4.78 is 29.9. The number of anilines is 4. The van der Waals surface area contributed by atoms with Crippen molar-refractivity contribution in [3.05, 3.63) is 121 Å². The molecule has 8 rings (SSSR count). The lowest BCUT2D eigenvalue weighted by molar-refractivity contribution is 0.536. The van der Waals surface area contributed by atoms with Crippen LogP contribution in [0.3, 0.4) is 0 Å². The molecule has 16 heteroatoms. The number of rotatable bonds is 6. The number of benzene rings is 2. The fourth-order valence-corrected chi connectivity index (χ4v) is 4.75. The van der Waals surface area contributed by atoms with Crippen molar-refractivity contribution in [1.29, 1.82) is 0 Å². The minimum atomic E-state index is -0.799. The molecule has 48 heavy (non-hydrogen) atoms. The van der Waals surface area contributed by atoms with Crippen molar-refractivity contribution >= 4 is 34.8 Å². The van der Waals surface area contributed by atoms with E-state index < -0.39 is 12.2 Å². The molecule has 0 saturated heterocycles. The molecule has 236 valence electrons. The van der Waals surface area contributed by atoms with Gasteiger partial charge < -0.3 is 10.6 Å². The van der Waals surface area contributed by atoms with Crippen LogP contribution in [0.25, 0.3) is 33.8 Å². The van der Waals surface area contributed by atoms with Crippen LogP contribution >= 0.6 is 0 Å². The summed E-state index contributed by atoms with van der Waals surface area (Å²) in [5.41, 5.74) is 5.61. The molecule has 0 aliphatic carbocycles. The first-order valence-electron chi connectivity index (χ1n) is 14.5. The van der Waals surface area contributed by atoms with Crippen LogP contribution in [0, 0.1) is 26.0 Å². The topological polar surface area (TPSA) is 162 Å². The highest BCUT2D eigenvalue weighted by molar-refractivity contribution is 5.68. The third-order valence-corrected chi connectivity index (χ3v) is 6.81. The van der Waals surface area contributed by atoms with E-state index in [1.54, 1.807) is 26.0 Å². The molecule has 14 nitrogen and oxygen atoms in total. The number of nitrogens with one attached hydrogen (secondary N) is 2. The van der Waals surface area contributed by atoms with Crippen LogP contribution < -0.4 is 10.6 Å². The summed E-state index contributed by atoms with van der Waals surface area (Å²) in [6, 6.07) is 26.3. The lowest BCUT2D eigenvalue weighted by Crippen LogP contribution is -2.07. The van der Waals surface area contributed by atoms with E-state index in [9.17, 15) is 8.78 Å². The quantitative estimate of drug-likeness (QED) is 0.218. The van der Waals surface area contributed by atoms with Gasteiger partial charge in [0, 0.05) is 46.8 Å². The van der Waals surface area contributed by atoms with Crippen molar-refractivity contribution in [3.8, 4) is 22.5 Å². The standard InChI is InChI=1S/2C16H12FN7/c2*1-10-7-13(22-15(17)20-10)23-16-21-12(11-5-3-2-4-6-11)8-14-18-9-19-24(14)16/h2*2-9H,1H3,(H,20,21,22,23). The van der Waals surface area contributed by atoms with Crippen molar-refractivity contribution in [1.82, 2.24) is 59.1 Å². The van der Waals surface area contributed by atoms with Crippen LogP contribution in [0.15, 0.2) is 97.6 Å². The molecule has 2 aromatic carbocycles. The predicted octanol–water partition coefficient (Wildman–Crippen LogP) is 5.54. The third-order valence-electron chi connectivity index (χ3n) is 6.81. The number of halogens is 2. The van der Waals surface area contributed by atoms with Crippen LogP contribution in [0.2, 0.25) is 0 Å². The van der Waals surface area contributed by atoms with E-state index in [0.717, 1.165) is 22.5 Å². The zero-order valence-corrected chi connectivity index (χ0v) is 25.4.